The van der Waals surface area contributed by atoms with Gasteiger partial charge in [0.05, 0.1) is 5.69 Å². The van der Waals surface area contributed by atoms with E-state index in [4.69, 9.17) is 0 Å². The minimum absolute atomic E-state index is 0.115. The Hall–Kier alpha value is -1.87. The summed E-state index contributed by atoms with van der Waals surface area (Å²) in [6.07, 6.45) is 0.158. The third-order valence-corrected chi connectivity index (χ3v) is 5.61. The summed E-state index contributed by atoms with van der Waals surface area (Å²) in [5.74, 6) is -0.302. The fraction of sp³-hybridized carbons (Fsp3) is 0.167. The number of carbonyl (C=O) groups excluding carboxylic acids is 2. The minimum atomic E-state index is -0.494. The second-order valence-corrected chi connectivity index (χ2v) is 7.90. The third kappa shape index (κ3) is 4.60. The van der Waals surface area contributed by atoms with Crippen molar-refractivity contribution >= 4 is 62.7 Å². The molecule has 1 saturated heterocycles. The van der Waals surface area contributed by atoms with Gasteiger partial charge in [-0.25, -0.2) is 4.99 Å². The van der Waals surface area contributed by atoms with Gasteiger partial charge in [0.2, 0.25) is 11.8 Å². The highest BCUT2D eigenvalue weighted by Gasteiger charge is 2.34. The normalized spacial score (nSPS) is 19.1. The van der Waals surface area contributed by atoms with Crippen LogP contribution in [0.5, 0.6) is 0 Å². The van der Waals surface area contributed by atoms with Crippen molar-refractivity contribution < 1.29 is 9.59 Å². The van der Waals surface area contributed by atoms with Crippen LogP contribution in [0, 0.1) is 3.57 Å². The number of hydrogen-bond acceptors (Lipinski definition) is 4. The van der Waals surface area contributed by atoms with Crippen LogP contribution in [-0.2, 0) is 9.59 Å². The van der Waals surface area contributed by atoms with Crippen molar-refractivity contribution in [3.05, 3.63) is 58.2 Å². The van der Waals surface area contributed by atoms with E-state index in [0.717, 1.165) is 14.9 Å². The molecule has 0 spiro atoms. The smallest absolute Gasteiger partial charge is 0.238 e. The van der Waals surface area contributed by atoms with Crippen LogP contribution in [0.15, 0.2) is 59.6 Å². The maximum Gasteiger partial charge on any atom is 0.238 e. The molecule has 0 bridgehead atoms. The number of aliphatic imine (C=N–C) groups is 1. The van der Waals surface area contributed by atoms with E-state index in [1.807, 2.05) is 54.6 Å². The number of nitrogens with one attached hydrogen (secondary N) is 1. The maximum atomic E-state index is 12.5. The molecule has 0 aromatic heterocycles. The molecule has 1 N–H and O–H groups in total. The van der Waals surface area contributed by atoms with Crippen molar-refractivity contribution in [3.63, 3.8) is 0 Å². The molecule has 1 fully saturated rings. The zero-order chi connectivity index (χ0) is 17.8. The molecular weight excluding hydrogens is 449 g/mol. The second-order valence-electron chi connectivity index (χ2n) is 5.49. The number of amidine groups is 1. The largest absolute Gasteiger partial charge is 0.325 e. The van der Waals surface area contributed by atoms with Gasteiger partial charge in [-0.3, -0.25) is 14.5 Å². The molecule has 0 radical (unpaired) electrons. The number of para-hydroxylation sites is 1. The SMILES string of the molecule is CN1C(=O)C[C@@H](C(=O)Nc2ccccc2)SC1=Nc1ccc(I)cc1. The van der Waals surface area contributed by atoms with Gasteiger partial charge >= 0.3 is 0 Å². The summed E-state index contributed by atoms with van der Waals surface area (Å²) >= 11 is 3.54. The molecule has 25 heavy (non-hydrogen) atoms. The number of anilines is 1. The first-order valence-electron chi connectivity index (χ1n) is 7.66. The third-order valence-electron chi connectivity index (χ3n) is 3.65. The second kappa shape index (κ2) is 8.01. The molecule has 7 heteroatoms. The quantitative estimate of drug-likeness (QED) is 0.701. The molecule has 1 heterocycles. The van der Waals surface area contributed by atoms with Crippen LogP contribution in [0.4, 0.5) is 11.4 Å². The summed E-state index contributed by atoms with van der Waals surface area (Å²) in [4.78, 5) is 30.8. The molecule has 1 aliphatic heterocycles. The Morgan fingerprint density at radius 2 is 1.88 bits per heavy atom. The van der Waals surface area contributed by atoms with Crippen molar-refractivity contribution in [1.29, 1.82) is 0 Å². The van der Waals surface area contributed by atoms with Gasteiger partial charge in [0.15, 0.2) is 5.17 Å². The zero-order valence-corrected chi connectivity index (χ0v) is 16.5. The molecule has 0 saturated carbocycles. The van der Waals surface area contributed by atoms with Crippen LogP contribution < -0.4 is 5.32 Å². The van der Waals surface area contributed by atoms with Gasteiger partial charge in [0.1, 0.15) is 5.25 Å². The molecule has 3 rings (SSSR count). The monoisotopic (exact) mass is 465 g/mol. The highest BCUT2D eigenvalue weighted by molar-refractivity contribution is 14.1. The molecule has 2 aromatic rings. The molecule has 2 amide bonds. The summed E-state index contributed by atoms with van der Waals surface area (Å²) in [5.41, 5.74) is 1.47. The summed E-state index contributed by atoms with van der Waals surface area (Å²) in [6, 6.07) is 16.9. The van der Waals surface area contributed by atoms with Gasteiger partial charge in [-0.1, -0.05) is 30.0 Å². The predicted molar refractivity (Wildman–Crippen MR) is 110 cm³/mol. The lowest BCUT2D eigenvalue weighted by atomic mass is 10.2. The average Bonchev–Trinajstić information content (AvgIpc) is 2.61. The summed E-state index contributed by atoms with van der Waals surface area (Å²) < 4.78 is 1.11. The van der Waals surface area contributed by atoms with E-state index in [-0.39, 0.29) is 18.2 Å². The standard InChI is InChI=1S/C18H16IN3O2S/c1-22-16(23)11-15(17(24)20-13-5-3-2-4-6-13)25-18(22)21-14-9-7-12(19)8-10-14/h2-10,15H,11H2,1H3,(H,20,24)/t15-/m0/s1. The average molecular weight is 465 g/mol. The van der Waals surface area contributed by atoms with E-state index in [1.54, 1.807) is 7.05 Å². The van der Waals surface area contributed by atoms with Gasteiger partial charge < -0.3 is 5.32 Å². The van der Waals surface area contributed by atoms with Crippen molar-refractivity contribution in [1.82, 2.24) is 4.90 Å². The Morgan fingerprint density at radius 3 is 2.56 bits per heavy atom. The van der Waals surface area contributed by atoms with Crippen LogP contribution in [0.1, 0.15) is 6.42 Å². The van der Waals surface area contributed by atoms with Crippen LogP contribution in [0.3, 0.4) is 0 Å². The van der Waals surface area contributed by atoms with Crippen molar-refractivity contribution in [2.45, 2.75) is 11.7 Å². The van der Waals surface area contributed by atoms with Gasteiger partial charge in [-0.05, 0) is 59.0 Å². The van der Waals surface area contributed by atoms with Gasteiger partial charge in [-0.15, -0.1) is 0 Å². The fourth-order valence-corrected chi connectivity index (χ4v) is 3.69. The lowest BCUT2D eigenvalue weighted by Crippen LogP contribution is -2.43. The number of hydrogen-bond donors (Lipinski definition) is 1. The molecule has 1 atom stereocenters. The number of benzene rings is 2. The van der Waals surface area contributed by atoms with Crippen LogP contribution in [-0.4, -0.2) is 34.2 Å². The fourth-order valence-electron chi connectivity index (χ4n) is 2.27. The molecular formula is C18H16IN3O2S. The van der Waals surface area contributed by atoms with Crippen LogP contribution >= 0.6 is 34.4 Å². The van der Waals surface area contributed by atoms with E-state index < -0.39 is 5.25 Å². The number of thioether (sulfide) groups is 1. The lowest BCUT2D eigenvalue weighted by Gasteiger charge is -2.28. The molecule has 2 aromatic carbocycles. The Balaban J connectivity index is 1.77. The van der Waals surface area contributed by atoms with Crippen molar-refractivity contribution in [2.75, 3.05) is 12.4 Å². The summed E-state index contributed by atoms with van der Waals surface area (Å²) in [7, 11) is 1.69. The number of rotatable bonds is 3. The highest BCUT2D eigenvalue weighted by atomic mass is 127. The van der Waals surface area contributed by atoms with Gasteiger partial charge in [0.25, 0.3) is 0 Å². The lowest BCUT2D eigenvalue weighted by molar-refractivity contribution is -0.128. The summed E-state index contributed by atoms with van der Waals surface area (Å²) in [6.45, 7) is 0. The van der Waals surface area contributed by atoms with E-state index in [0.29, 0.717) is 5.17 Å². The zero-order valence-electron chi connectivity index (χ0n) is 13.5. The molecule has 1 aliphatic rings. The van der Waals surface area contributed by atoms with Gasteiger partial charge in [-0.2, -0.15) is 0 Å². The number of nitrogens with zero attached hydrogens (tertiary/aromatic N) is 2. The highest BCUT2D eigenvalue weighted by Crippen LogP contribution is 2.29. The Bertz CT molecular complexity index is 809. The number of carbonyl (C=O) groups is 2. The predicted octanol–water partition coefficient (Wildman–Crippen LogP) is 3.88. The Morgan fingerprint density at radius 1 is 1.20 bits per heavy atom. The van der Waals surface area contributed by atoms with E-state index in [9.17, 15) is 9.59 Å². The van der Waals surface area contributed by atoms with E-state index >= 15 is 0 Å². The summed E-state index contributed by atoms with van der Waals surface area (Å²) in [5, 5.41) is 2.89. The van der Waals surface area contributed by atoms with E-state index in [1.165, 1.54) is 16.7 Å². The van der Waals surface area contributed by atoms with Crippen molar-refractivity contribution in [3.8, 4) is 0 Å². The first-order valence-corrected chi connectivity index (χ1v) is 9.62. The molecule has 0 unspecified atom stereocenters. The minimum Gasteiger partial charge on any atom is -0.325 e. The molecule has 128 valence electrons. The maximum absolute atomic E-state index is 12.5. The number of amides is 2. The first kappa shape index (κ1) is 17.9. The topological polar surface area (TPSA) is 61.8 Å². The Kier molecular flexibility index (Phi) is 5.74. The van der Waals surface area contributed by atoms with E-state index in [2.05, 4.69) is 32.9 Å². The first-order chi connectivity index (χ1) is 12.0. The Labute approximate surface area is 164 Å². The van der Waals surface area contributed by atoms with Crippen LogP contribution in [0.25, 0.3) is 0 Å². The molecule has 0 aliphatic carbocycles. The molecule has 5 nitrogen and oxygen atoms in total. The van der Waals surface area contributed by atoms with Crippen molar-refractivity contribution in [2.24, 2.45) is 4.99 Å². The number of halogens is 1. The van der Waals surface area contributed by atoms with Gasteiger partial charge in [0, 0.05) is 22.7 Å². The van der Waals surface area contributed by atoms with Crippen LogP contribution in [0.2, 0.25) is 0 Å².